The van der Waals surface area contributed by atoms with Gasteiger partial charge in [-0.25, -0.2) is 9.13 Å². The van der Waals surface area contributed by atoms with Gasteiger partial charge < -0.3 is 34.0 Å². The molecule has 2 aromatic heterocycles. The van der Waals surface area contributed by atoms with Crippen molar-refractivity contribution in [2.75, 3.05) is 0 Å². The summed E-state index contributed by atoms with van der Waals surface area (Å²) in [6.07, 6.45) is 13.9. The number of hydrogen-bond acceptors (Lipinski definition) is 2. The molecule has 0 aliphatic carbocycles. The Morgan fingerprint density at radius 2 is 0.920 bits per heavy atom. The molecule has 0 aliphatic heterocycles. The third kappa shape index (κ3) is 8.77. The second-order valence-corrected chi connectivity index (χ2v) is 5.64. The van der Waals surface area contributed by atoms with E-state index in [-0.39, 0.29) is 34.0 Å². The van der Waals surface area contributed by atoms with Gasteiger partial charge in [0.2, 0.25) is 0 Å². The highest BCUT2D eigenvalue weighted by molar-refractivity contribution is 5.24. The average Bonchev–Trinajstić information content (AvgIpc) is 2.62. The number of unbranched alkanes of at least 4 members (excludes halogenated alkanes) is 4. The first-order valence-corrected chi connectivity index (χ1v) is 8.10. The van der Waals surface area contributed by atoms with E-state index >= 15 is 0 Å². The van der Waals surface area contributed by atoms with Crippen LogP contribution in [-0.2, 0) is 13.1 Å². The number of rotatable bonds is 8. The normalized spacial score (nSPS) is 9.20. The van der Waals surface area contributed by atoms with E-state index in [1.807, 2.05) is 49.1 Å². The number of aryl methyl sites for hydroxylation is 2. The smallest absolute Gasteiger partial charge is 0.170 e. The predicted octanol–water partition coefficient (Wildman–Crippen LogP) is -3.34. The van der Waals surface area contributed by atoms with Crippen LogP contribution in [0.3, 0.4) is 0 Å². The molecule has 132 valence electrons. The molecule has 0 N–H and O–H groups in total. The lowest BCUT2D eigenvalue weighted by molar-refractivity contribution is -0.697. The van der Waals surface area contributed by atoms with Crippen LogP contribution in [0.25, 0.3) is 0 Å². The van der Waals surface area contributed by atoms with Crippen molar-refractivity contribution in [1.82, 2.24) is 0 Å². The lowest BCUT2D eigenvalue weighted by Crippen LogP contribution is -3.00. The Balaban J connectivity index is 0.00000288. The molecule has 0 radical (unpaired) electrons. The van der Waals surface area contributed by atoms with E-state index in [9.17, 15) is 0 Å². The third-order valence-corrected chi connectivity index (χ3v) is 3.87. The van der Waals surface area contributed by atoms with Crippen LogP contribution in [0.2, 0.25) is 0 Å². The van der Waals surface area contributed by atoms with E-state index in [2.05, 4.69) is 21.3 Å². The van der Waals surface area contributed by atoms with E-state index in [0.717, 1.165) is 13.1 Å². The Labute approximate surface area is 170 Å². The molecule has 0 saturated carbocycles. The number of nitrogens with zero attached hydrogens (tertiary/aromatic N) is 4. The summed E-state index contributed by atoms with van der Waals surface area (Å²) in [6.45, 7) is 2.02. The number of pyridine rings is 2. The molecular formula is C19H22Br2N4. The molecule has 6 heteroatoms. The van der Waals surface area contributed by atoms with Gasteiger partial charge in [0, 0.05) is 37.1 Å². The van der Waals surface area contributed by atoms with Gasteiger partial charge in [-0.2, -0.15) is 10.5 Å². The Morgan fingerprint density at radius 3 is 1.24 bits per heavy atom. The fraction of sp³-hybridized carbons (Fsp3) is 0.368. The topological polar surface area (TPSA) is 55.3 Å². The van der Waals surface area contributed by atoms with Gasteiger partial charge in [0.25, 0.3) is 0 Å². The molecule has 0 saturated heterocycles. The largest absolute Gasteiger partial charge is 1.00 e. The van der Waals surface area contributed by atoms with E-state index in [1.165, 1.54) is 32.1 Å². The molecule has 0 amide bonds. The van der Waals surface area contributed by atoms with E-state index in [4.69, 9.17) is 10.5 Å². The molecule has 0 fully saturated rings. The van der Waals surface area contributed by atoms with Crippen LogP contribution in [-0.4, -0.2) is 0 Å². The second kappa shape index (κ2) is 13.5. The number of aromatic nitrogens is 2. The fourth-order valence-electron chi connectivity index (χ4n) is 2.48. The van der Waals surface area contributed by atoms with E-state index in [1.54, 1.807) is 0 Å². The van der Waals surface area contributed by atoms with Crippen LogP contribution < -0.4 is 43.1 Å². The molecule has 25 heavy (non-hydrogen) atoms. The second-order valence-electron chi connectivity index (χ2n) is 5.64. The summed E-state index contributed by atoms with van der Waals surface area (Å²) in [7, 11) is 0. The lowest BCUT2D eigenvalue weighted by atomic mass is 10.1. The van der Waals surface area contributed by atoms with Gasteiger partial charge in [0.05, 0.1) is 23.3 Å². The minimum Gasteiger partial charge on any atom is -1.00 e. The van der Waals surface area contributed by atoms with Crippen molar-refractivity contribution < 1.29 is 43.1 Å². The fourth-order valence-corrected chi connectivity index (χ4v) is 2.48. The summed E-state index contributed by atoms with van der Waals surface area (Å²) >= 11 is 0. The van der Waals surface area contributed by atoms with Crippen LogP contribution in [0.4, 0.5) is 0 Å². The summed E-state index contributed by atoms with van der Waals surface area (Å²) in [5, 5.41) is 17.5. The molecule has 0 aromatic carbocycles. The highest BCUT2D eigenvalue weighted by Crippen LogP contribution is 2.03. The first-order valence-electron chi connectivity index (χ1n) is 8.10. The van der Waals surface area contributed by atoms with Crippen molar-refractivity contribution in [3.63, 3.8) is 0 Å². The molecular weight excluding hydrogens is 444 g/mol. The first-order chi connectivity index (χ1) is 11.3. The van der Waals surface area contributed by atoms with Crippen molar-refractivity contribution in [2.24, 2.45) is 0 Å². The highest BCUT2D eigenvalue weighted by atomic mass is 79.9. The molecule has 2 heterocycles. The number of nitriles is 2. The Morgan fingerprint density at radius 1 is 0.600 bits per heavy atom. The molecule has 4 nitrogen and oxygen atoms in total. The van der Waals surface area contributed by atoms with Crippen molar-refractivity contribution in [3.8, 4) is 12.1 Å². The quantitative estimate of drug-likeness (QED) is 0.302. The molecule has 0 bridgehead atoms. The van der Waals surface area contributed by atoms with Crippen LogP contribution >= 0.6 is 0 Å². The van der Waals surface area contributed by atoms with Gasteiger partial charge in [-0.1, -0.05) is 6.42 Å². The minimum atomic E-state index is 0. The van der Waals surface area contributed by atoms with Crippen molar-refractivity contribution >= 4 is 0 Å². The molecule has 0 aliphatic rings. The maximum absolute atomic E-state index is 8.76. The number of halogens is 2. The molecule has 0 atom stereocenters. The summed E-state index contributed by atoms with van der Waals surface area (Å²) in [6, 6.07) is 11.7. The van der Waals surface area contributed by atoms with Crippen LogP contribution in [0.1, 0.15) is 43.2 Å². The zero-order chi connectivity index (χ0) is 16.3. The Kier molecular flexibility index (Phi) is 12.6. The lowest BCUT2D eigenvalue weighted by Gasteiger charge is -2.00. The predicted molar refractivity (Wildman–Crippen MR) is 85.8 cm³/mol. The molecule has 0 unspecified atom stereocenters. The van der Waals surface area contributed by atoms with Crippen LogP contribution in [0, 0.1) is 22.7 Å². The van der Waals surface area contributed by atoms with Crippen LogP contribution in [0.5, 0.6) is 0 Å². The summed E-state index contributed by atoms with van der Waals surface area (Å²) in [5.74, 6) is 0. The average molecular weight is 466 g/mol. The van der Waals surface area contributed by atoms with E-state index in [0.29, 0.717) is 11.1 Å². The standard InChI is InChI=1S/C19H22N4.2BrH/c20-16-18-6-12-22(13-7-18)10-4-2-1-3-5-11-23-14-8-19(17-21)9-15-23;;/h6-9,12-15H,1-5,10-11H2;2*1H/q+2;;/p-2. The maximum atomic E-state index is 8.76. The molecule has 2 rings (SSSR count). The van der Waals surface area contributed by atoms with Gasteiger partial charge in [-0.05, 0) is 12.8 Å². The minimum absolute atomic E-state index is 0. The number of hydrogen-bond donors (Lipinski definition) is 0. The maximum Gasteiger partial charge on any atom is 0.170 e. The SMILES string of the molecule is N#Cc1cc[n+](CCCCCCC[n+]2ccc(C#N)cc2)cc1.[Br-].[Br-]. The van der Waals surface area contributed by atoms with Crippen LogP contribution in [0.15, 0.2) is 49.1 Å². The monoisotopic (exact) mass is 464 g/mol. The zero-order valence-corrected chi connectivity index (χ0v) is 17.3. The van der Waals surface area contributed by atoms with Crippen molar-refractivity contribution in [3.05, 3.63) is 60.2 Å². The summed E-state index contributed by atoms with van der Waals surface area (Å²) < 4.78 is 4.26. The van der Waals surface area contributed by atoms with Crippen molar-refractivity contribution in [2.45, 2.75) is 45.2 Å². The van der Waals surface area contributed by atoms with Gasteiger partial charge in [-0.15, -0.1) is 0 Å². The summed E-state index contributed by atoms with van der Waals surface area (Å²) in [4.78, 5) is 0. The first kappa shape index (κ1) is 23.2. The van der Waals surface area contributed by atoms with E-state index < -0.39 is 0 Å². The van der Waals surface area contributed by atoms with Gasteiger partial charge in [-0.3, -0.25) is 0 Å². The van der Waals surface area contributed by atoms with Gasteiger partial charge in [0.15, 0.2) is 24.8 Å². The van der Waals surface area contributed by atoms with Crippen molar-refractivity contribution in [1.29, 1.82) is 10.5 Å². The summed E-state index contributed by atoms with van der Waals surface area (Å²) in [5.41, 5.74) is 1.42. The van der Waals surface area contributed by atoms with Gasteiger partial charge in [0.1, 0.15) is 13.1 Å². The Hall–Kier alpha value is -1.76. The molecule has 0 spiro atoms. The van der Waals surface area contributed by atoms with Gasteiger partial charge >= 0.3 is 0 Å². The third-order valence-electron chi connectivity index (χ3n) is 3.87. The Bertz CT molecular complexity index is 624. The molecule has 2 aromatic rings. The zero-order valence-electron chi connectivity index (χ0n) is 14.1. The highest BCUT2D eigenvalue weighted by Gasteiger charge is 2.02.